The van der Waals surface area contributed by atoms with Crippen molar-refractivity contribution in [3.63, 3.8) is 0 Å². The molecule has 0 amide bonds. The highest BCUT2D eigenvalue weighted by molar-refractivity contribution is 5.36. The highest BCUT2D eigenvalue weighted by atomic mass is 16.5. The molecule has 0 aromatic heterocycles. The van der Waals surface area contributed by atoms with Gasteiger partial charge in [0.05, 0.1) is 6.61 Å². The first-order valence-corrected chi connectivity index (χ1v) is 7.96. The van der Waals surface area contributed by atoms with Crippen LogP contribution in [0.3, 0.4) is 0 Å². The van der Waals surface area contributed by atoms with Crippen LogP contribution in [0, 0.1) is 11.8 Å². The molecule has 0 radical (unpaired) electrons. The number of benzene rings is 1. The summed E-state index contributed by atoms with van der Waals surface area (Å²) in [5.41, 5.74) is 1.86. The highest BCUT2D eigenvalue weighted by Gasteiger charge is 2.43. The number of rotatable bonds is 8. The van der Waals surface area contributed by atoms with Crippen molar-refractivity contribution in [3.05, 3.63) is 29.8 Å². The van der Waals surface area contributed by atoms with E-state index >= 15 is 0 Å². The minimum absolute atomic E-state index is 0.394. The van der Waals surface area contributed by atoms with E-state index < -0.39 is 0 Å². The van der Waals surface area contributed by atoms with Crippen molar-refractivity contribution in [1.82, 2.24) is 5.32 Å². The molecule has 1 N–H and O–H groups in total. The van der Waals surface area contributed by atoms with Crippen LogP contribution in [0.5, 0.6) is 5.75 Å². The minimum Gasteiger partial charge on any atom is -0.493 e. The lowest BCUT2D eigenvalue weighted by Gasteiger charge is -2.18. The average molecular weight is 275 g/mol. The smallest absolute Gasteiger partial charge is 0.119 e. The van der Waals surface area contributed by atoms with Crippen molar-refractivity contribution in [2.45, 2.75) is 46.0 Å². The van der Waals surface area contributed by atoms with Gasteiger partial charge >= 0.3 is 0 Å². The van der Waals surface area contributed by atoms with Crippen LogP contribution in [-0.4, -0.2) is 19.7 Å². The van der Waals surface area contributed by atoms with E-state index in [4.69, 9.17) is 4.74 Å². The van der Waals surface area contributed by atoms with Crippen molar-refractivity contribution in [2.75, 3.05) is 19.7 Å². The first-order chi connectivity index (χ1) is 9.52. The van der Waals surface area contributed by atoms with Gasteiger partial charge in [-0.15, -0.1) is 0 Å². The molecule has 1 aliphatic rings. The van der Waals surface area contributed by atoms with Crippen molar-refractivity contribution < 1.29 is 4.74 Å². The van der Waals surface area contributed by atoms with E-state index in [2.05, 4.69) is 57.3 Å². The fourth-order valence-corrected chi connectivity index (χ4v) is 2.49. The first kappa shape index (κ1) is 15.4. The zero-order valence-corrected chi connectivity index (χ0v) is 13.4. The zero-order chi connectivity index (χ0) is 14.6. The maximum Gasteiger partial charge on any atom is 0.119 e. The van der Waals surface area contributed by atoms with Crippen LogP contribution in [0.15, 0.2) is 24.3 Å². The molecule has 112 valence electrons. The third-order valence-electron chi connectivity index (χ3n) is 3.92. The highest BCUT2D eigenvalue weighted by Crippen LogP contribution is 2.47. The van der Waals surface area contributed by atoms with Gasteiger partial charge in [-0.1, -0.05) is 39.8 Å². The van der Waals surface area contributed by atoms with Crippen molar-refractivity contribution in [1.29, 1.82) is 0 Å². The quantitative estimate of drug-likeness (QED) is 0.774. The summed E-state index contributed by atoms with van der Waals surface area (Å²) in [6.07, 6.45) is 2.62. The average Bonchev–Trinajstić information content (AvgIpc) is 3.17. The largest absolute Gasteiger partial charge is 0.493 e. The number of hydrogen-bond donors (Lipinski definition) is 1. The Labute approximate surface area is 123 Å². The Hall–Kier alpha value is -1.02. The Morgan fingerprint density at radius 3 is 2.20 bits per heavy atom. The predicted molar refractivity (Wildman–Crippen MR) is 85.4 cm³/mol. The van der Waals surface area contributed by atoms with Gasteiger partial charge in [0.2, 0.25) is 0 Å². The van der Waals surface area contributed by atoms with E-state index in [1.165, 1.54) is 18.4 Å². The second kappa shape index (κ2) is 6.62. The molecule has 0 spiro atoms. The molecule has 0 saturated heterocycles. The van der Waals surface area contributed by atoms with Gasteiger partial charge in [0.1, 0.15) is 5.75 Å². The van der Waals surface area contributed by atoms with Gasteiger partial charge in [0.25, 0.3) is 0 Å². The second-order valence-electron chi connectivity index (χ2n) is 7.03. The van der Waals surface area contributed by atoms with E-state index in [9.17, 15) is 0 Å². The summed E-state index contributed by atoms with van der Waals surface area (Å²) in [4.78, 5) is 0. The van der Waals surface area contributed by atoms with Crippen LogP contribution >= 0.6 is 0 Å². The molecule has 2 rings (SSSR count). The monoisotopic (exact) mass is 275 g/mol. The number of nitrogens with one attached hydrogen (secondary N) is 1. The topological polar surface area (TPSA) is 21.3 Å². The standard InChI is InChI=1S/C18H29NO/c1-14(2)11-19-13-18(9-10-18)16-5-7-17(8-6-16)20-12-15(3)4/h5-8,14-15,19H,9-13H2,1-4H3. The van der Waals surface area contributed by atoms with E-state index in [1.54, 1.807) is 0 Å². The minimum atomic E-state index is 0.394. The van der Waals surface area contributed by atoms with E-state index in [1.807, 2.05) is 0 Å². The molecule has 0 heterocycles. The van der Waals surface area contributed by atoms with Gasteiger partial charge in [-0.3, -0.25) is 0 Å². The van der Waals surface area contributed by atoms with Crippen molar-refractivity contribution in [3.8, 4) is 5.75 Å². The van der Waals surface area contributed by atoms with Gasteiger partial charge in [-0.2, -0.15) is 0 Å². The third kappa shape index (κ3) is 4.24. The van der Waals surface area contributed by atoms with Crippen LogP contribution in [0.1, 0.15) is 46.1 Å². The van der Waals surface area contributed by atoms with Crippen LogP contribution in [-0.2, 0) is 5.41 Å². The summed E-state index contributed by atoms with van der Waals surface area (Å²) < 4.78 is 5.75. The molecule has 0 bridgehead atoms. The fraction of sp³-hybridized carbons (Fsp3) is 0.667. The molecule has 1 saturated carbocycles. The molecule has 1 aromatic rings. The van der Waals surface area contributed by atoms with Gasteiger partial charge in [-0.25, -0.2) is 0 Å². The maximum absolute atomic E-state index is 5.75. The summed E-state index contributed by atoms with van der Waals surface area (Å²) in [6, 6.07) is 8.75. The number of hydrogen-bond acceptors (Lipinski definition) is 2. The molecule has 1 fully saturated rings. The Morgan fingerprint density at radius 2 is 1.70 bits per heavy atom. The Kier molecular flexibility index (Phi) is 5.09. The fourth-order valence-electron chi connectivity index (χ4n) is 2.49. The second-order valence-corrected chi connectivity index (χ2v) is 7.03. The summed E-state index contributed by atoms with van der Waals surface area (Å²) in [5, 5.41) is 3.61. The molecule has 2 heteroatoms. The van der Waals surface area contributed by atoms with Crippen molar-refractivity contribution in [2.24, 2.45) is 11.8 Å². The lowest BCUT2D eigenvalue weighted by molar-refractivity contribution is 0.271. The van der Waals surface area contributed by atoms with Crippen molar-refractivity contribution >= 4 is 0 Å². The molecule has 0 unspecified atom stereocenters. The summed E-state index contributed by atoms with van der Waals surface area (Å²) in [7, 11) is 0. The molecule has 20 heavy (non-hydrogen) atoms. The molecule has 1 aromatic carbocycles. The lowest BCUT2D eigenvalue weighted by atomic mass is 9.95. The molecular weight excluding hydrogens is 246 g/mol. The Balaban J connectivity index is 1.89. The molecule has 0 atom stereocenters. The molecular formula is C18H29NO. The van der Waals surface area contributed by atoms with Gasteiger partial charge in [0, 0.05) is 12.0 Å². The first-order valence-electron chi connectivity index (χ1n) is 7.96. The summed E-state index contributed by atoms with van der Waals surface area (Å²) in [5.74, 6) is 2.29. The molecule has 0 aliphatic heterocycles. The van der Waals surface area contributed by atoms with Crippen LogP contribution in [0.2, 0.25) is 0 Å². The SMILES string of the molecule is CC(C)CNCC1(c2ccc(OCC(C)C)cc2)CC1. The third-order valence-corrected chi connectivity index (χ3v) is 3.92. The maximum atomic E-state index is 5.75. The van der Waals surface area contributed by atoms with E-state index in [-0.39, 0.29) is 0 Å². The van der Waals surface area contributed by atoms with Gasteiger partial charge in [0.15, 0.2) is 0 Å². The van der Waals surface area contributed by atoms with Crippen LogP contribution < -0.4 is 10.1 Å². The lowest BCUT2D eigenvalue weighted by Crippen LogP contribution is -2.29. The van der Waals surface area contributed by atoms with Crippen LogP contribution in [0.25, 0.3) is 0 Å². The van der Waals surface area contributed by atoms with Crippen LogP contribution in [0.4, 0.5) is 0 Å². The molecule has 2 nitrogen and oxygen atoms in total. The summed E-state index contributed by atoms with van der Waals surface area (Å²) in [6.45, 7) is 11.9. The van der Waals surface area contributed by atoms with E-state index in [0.717, 1.165) is 31.4 Å². The van der Waals surface area contributed by atoms with Gasteiger partial charge in [-0.05, 0) is 48.9 Å². The van der Waals surface area contributed by atoms with Gasteiger partial charge < -0.3 is 10.1 Å². The Morgan fingerprint density at radius 1 is 1.05 bits per heavy atom. The predicted octanol–water partition coefficient (Wildman–Crippen LogP) is 4.00. The zero-order valence-electron chi connectivity index (χ0n) is 13.4. The molecule has 1 aliphatic carbocycles. The normalized spacial score (nSPS) is 16.7. The number of ether oxygens (including phenoxy) is 1. The van der Waals surface area contributed by atoms with E-state index in [0.29, 0.717) is 11.3 Å². The Bertz CT molecular complexity index is 404. The summed E-state index contributed by atoms with van der Waals surface area (Å²) >= 11 is 0.